The Labute approximate surface area is 215 Å². The number of halogens is 1. The maximum absolute atomic E-state index is 13.2. The summed E-state index contributed by atoms with van der Waals surface area (Å²) in [5.41, 5.74) is 1.39. The first-order chi connectivity index (χ1) is 17.3. The lowest BCUT2D eigenvalue weighted by atomic mass is 10.1. The predicted molar refractivity (Wildman–Crippen MR) is 136 cm³/mol. The number of benzene rings is 2. The van der Waals surface area contributed by atoms with E-state index in [9.17, 15) is 8.42 Å². The van der Waals surface area contributed by atoms with Crippen molar-refractivity contribution in [2.75, 3.05) is 59.5 Å². The largest absolute Gasteiger partial charge is 0.495 e. The van der Waals surface area contributed by atoms with Crippen molar-refractivity contribution in [2.24, 2.45) is 0 Å². The van der Waals surface area contributed by atoms with E-state index in [2.05, 4.69) is 10.2 Å². The van der Waals surface area contributed by atoms with Crippen molar-refractivity contribution < 1.29 is 27.4 Å². The molecular weight excluding hydrogens is 508 g/mol. The molecule has 0 bridgehead atoms. The number of hydrogen-bond donors (Lipinski definition) is 0. The van der Waals surface area contributed by atoms with Crippen LogP contribution in [-0.4, -0.2) is 77.5 Å². The van der Waals surface area contributed by atoms with Gasteiger partial charge in [-0.25, -0.2) is 8.42 Å². The van der Waals surface area contributed by atoms with Crippen molar-refractivity contribution in [2.45, 2.75) is 4.90 Å². The van der Waals surface area contributed by atoms with E-state index in [1.807, 2.05) is 17.0 Å². The minimum absolute atomic E-state index is 0.0560. The Morgan fingerprint density at radius 1 is 0.778 bits per heavy atom. The van der Waals surface area contributed by atoms with Crippen LogP contribution in [0.1, 0.15) is 0 Å². The van der Waals surface area contributed by atoms with Crippen molar-refractivity contribution >= 4 is 27.4 Å². The van der Waals surface area contributed by atoms with Crippen LogP contribution >= 0.6 is 11.6 Å². The first-order valence-corrected chi connectivity index (χ1v) is 12.9. The second-order valence-corrected chi connectivity index (χ2v) is 10.2. The van der Waals surface area contributed by atoms with E-state index in [0.29, 0.717) is 46.9 Å². The van der Waals surface area contributed by atoms with Gasteiger partial charge >= 0.3 is 0 Å². The lowest BCUT2D eigenvalue weighted by molar-refractivity contribution is 0.324. The van der Waals surface area contributed by atoms with Gasteiger partial charge in [0, 0.05) is 36.8 Å². The zero-order valence-corrected chi connectivity index (χ0v) is 22.0. The normalized spacial score (nSPS) is 14.4. The molecule has 0 radical (unpaired) electrons. The molecule has 4 rings (SSSR count). The first kappa shape index (κ1) is 25.8. The summed E-state index contributed by atoms with van der Waals surface area (Å²) in [5, 5.41) is 9.08. The average Bonchev–Trinajstić information content (AvgIpc) is 2.92. The summed E-state index contributed by atoms with van der Waals surface area (Å²) in [7, 11) is 2.32. The fourth-order valence-electron chi connectivity index (χ4n) is 4.03. The van der Waals surface area contributed by atoms with Gasteiger partial charge in [-0.2, -0.15) is 4.31 Å². The van der Waals surface area contributed by atoms with Gasteiger partial charge in [-0.15, -0.1) is 10.2 Å². The van der Waals surface area contributed by atoms with Crippen LogP contribution in [0.2, 0.25) is 5.02 Å². The third-order valence-corrected chi connectivity index (χ3v) is 8.07. The summed E-state index contributed by atoms with van der Waals surface area (Å²) in [6, 6.07) is 11.9. The zero-order valence-electron chi connectivity index (χ0n) is 20.4. The Balaban J connectivity index is 1.49. The molecule has 192 valence electrons. The van der Waals surface area contributed by atoms with Gasteiger partial charge in [0.25, 0.3) is 0 Å². The second-order valence-electron chi connectivity index (χ2n) is 7.88. The molecule has 0 unspecified atom stereocenters. The lowest BCUT2D eigenvalue weighted by Gasteiger charge is -2.34. The minimum atomic E-state index is -3.77. The highest BCUT2D eigenvalue weighted by atomic mass is 35.5. The predicted octanol–water partition coefficient (Wildman–Crippen LogP) is 3.34. The van der Waals surface area contributed by atoms with Crippen molar-refractivity contribution in [1.82, 2.24) is 14.5 Å². The third-order valence-electron chi connectivity index (χ3n) is 5.92. The van der Waals surface area contributed by atoms with Crippen LogP contribution < -0.4 is 23.8 Å². The number of rotatable bonds is 8. The van der Waals surface area contributed by atoms with Crippen LogP contribution in [0.15, 0.2) is 47.4 Å². The van der Waals surface area contributed by atoms with Gasteiger partial charge in [0.2, 0.25) is 15.8 Å². The highest BCUT2D eigenvalue weighted by molar-refractivity contribution is 7.89. The third kappa shape index (κ3) is 4.99. The number of methoxy groups -OCH3 is 4. The standard InChI is InChI=1S/C24H27ClN4O6S/c1-32-19-7-5-17(25)15-22(19)36(30,31)29-11-9-28(10-12-29)23-8-6-18(26-27-23)16-13-20(33-2)24(35-4)21(14-16)34-3/h5-8,13-15H,9-12H2,1-4H3. The number of nitrogens with zero attached hydrogens (tertiary/aromatic N) is 4. The molecule has 3 aromatic rings. The maximum atomic E-state index is 13.2. The summed E-state index contributed by atoms with van der Waals surface area (Å²) in [5.74, 6) is 2.45. The molecule has 0 atom stereocenters. The number of ether oxygens (including phenoxy) is 4. The highest BCUT2D eigenvalue weighted by Gasteiger charge is 2.31. The number of aromatic nitrogens is 2. The van der Waals surface area contributed by atoms with E-state index in [1.165, 1.54) is 17.5 Å². The minimum Gasteiger partial charge on any atom is -0.495 e. The fourth-order valence-corrected chi connectivity index (χ4v) is 5.87. The van der Waals surface area contributed by atoms with Gasteiger partial charge < -0.3 is 23.8 Å². The van der Waals surface area contributed by atoms with E-state index in [-0.39, 0.29) is 23.7 Å². The summed E-state index contributed by atoms with van der Waals surface area (Å²) in [4.78, 5) is 2.05. The maximum Gasteiger partial charge on any atom is 0.246 e. The van der Waals surface area contributed by atoms with Crippen molar-refractivity contribution in [3.63, 3.8) is 0 Å². The molecule has 1 saturated heterocycles. The molecule has 0 aliphatic carbocycles. The molecule has 12 heteroatoms. The van der Waals surface area contributed by atoms with Gasteiger partial charge in [0.05, 0.1) is 34.1 Å². The van der Waals surface area contributed by atoms with Crippen LogP contribution in [-0.2, 0) is 10.0 Å². The summed E-state index contributed by atoms with van der Waals surface area (Å²) in [6.45, 7) is 1.49. The quantitative estimate of drug-likeness (QED) is 0.430. The smallest absolute Gasteiger partial charge is 0.246 e. The second kappa shape index (κ2) is 10.8. The molecule has 0 saturated carbocycles. The Bertz CT molecular complexity index is 1300. The molecule has 1 fully saturated rings. The van der Waals surface area contributed by atoms with E-state index < -0.39 is 10.0 Å². The summed E-state index contributed by atoms with van der Waals surface area (Å²) < 4.78 is 49.3. The van der Waals surface area contributed by atoms with Crippen LogP contribution in [0.4, 0.5) is 5.82 Å². The molecule has 0 N–H and O–H groups in total. The molecule has 2 heterocycles. The Kier molecular flexibility index (Phi) is 7.72. The monoisotopic (exact) mass is 534 g/mol. The molecule has 1 aromatic heterocycles. The van der Waals surface area contributed by atoms with Crippen LogP contribution in [0.3, 0.4) is 0 Å². The average molecular weight is 535 g/mol. The van der Waals surface area contributed by atoms with Gasteiger partial charge in [0.15, 0.2) is 17.3 Å². The van der Waals surface area contributed by atoms with Gasteiger partial charge in [-0.1, -0.05) is 11.6 Å². The SMILES string of the molecule is COc1ccc(Cl)cc1S(=O)(=O)N1CCN(c2ccc(-c3cc(OC)c(OC)c(OC)c3)nn2)CC1. The van der Waals surface area contributed by atoms with Crippen LogP contribution in [0.5, 0.6) is 23.0 Å². The van der Waals surface area contributed by atoms with Gasteiger partial charge in [-0.05, 0) is 42.5 Å². The number of hydrogen-bond acceptors (Lipinski definition) is 9. The molecule has 0 spiro atoms. The van der Waals surface area contributed by atoms with E-state index >= 15 is 0 Å². The van der Waals surface area contributed by atoms with Crippen molar-refractivity contribution in [3.05, 3.63) is 47.5 Å². The topological polar surface area (TPSA) is 103 Å². The summed E-state index contributed by atoms with van der Waals surface area (Å²) >= 11 is 6.05. The molecule has 1 aliphatic rings. The van der Waals surface area contributed by atoms with Crippen LogP contribution in [0.25, 0.3) is 11.3 Å². The molecule has 0 amide bonds. The fraction of sp³-hybridized carbons (Fsp3) is 0.333. The molecule has 2 aromatic carbocycles. The Morgan fingerprint density at radius 3 is 1.94 bits per heavy atom. The van der Waals surface area contributed by atoms with Crippen molar-refractivity contribution in [1.29, 1.82) is 0 Å². The first-order valence-electron chi connectivity index (χ1n) is 11.0. The van der Waals surface area contributed by atoms with Crippen molar-refractivity contribution in [3.8, 4) is 34.3 Å². The van der Waals surface area contributed by atoms with E-state index in [4.69, 9.17) is 30.5 Å². The van der Waals surface area contributed by atoms with Crippen LogP contribution in [0, 0.1) is 0 Å². The Morgan fingerprint density at radius 2 is 1.42 bits per heavy atom. The zero-order chi connectivity index (χ0) is 25.9. The molecule has 1 aliphatic heterocycles. The number of sulfonamides is 1. The molecule has 10 nitrogen and oxygen atoms in total. The van der Waals surface area contributed by atoms with Gasteiger partial charge in [-0.3, -0.25) is 0 Å². The van der Waals surface area contributed by atoms with E-state index in [1.54, 1.807) is 45.6 Å². The summed E-state index contributed by atoms with van der Waals surface area (Å²) in [6.07, 6.45) is 0. The molecule has 36 heavy (non-hydrogen) atoms. The number of anilines is 1. The van der Waals surface area contributed by atoms with E-state index in [0.717, 1.165) is 5.56 Å². The van der Waals surface area contributed by atoms with Gasteiger partial charge in [0.1, 0.15) is 10.6 Å². The molecular formula is C24H27ClN4O6S. The highest BCUT2D eigenvalue weighted by Crippen LogP contribution is 2.40. The number of piperazine rings is 1. The Hall–Kier alpha value is -3.28. The lowest BCUT2D eigenvalue weighted by Crippen LogP contribution is -2.49.